The molecule has 1 unspecified atom stereocenters. The lowest BCUT2D eigenvalue weighted by Gasteiger charge is -2.23. The largest absolute Gasteiger partial charge is 0.488 e. The highest BCUT2D eigenvalue weighted by Gasteiger charge is 2.35. The summed E-state index contributed by atoms with van der Waals surface area (Å²) in [5, 5.41) is 11.8. The van der Waals surface area contributed by atoms with E-state index < -0.39 is 17.8 Å². The van der Waals surface area contributed by atoms with Gasteiger partial charge in [-0.05, 0) is 47.3 Å². The number of nitrogens with zero attached hydrogens (tertiary/aromatic N) is 1. The zero-order valence-electron chi connectivity index (χ0n) is 15.7. The van der Waals surface area contributed by atoms with Gasteiger partial charge < -0.3 is 10.1 Å². The molecule has 0 aliphatic rings. The Kier molecular flexibility index (Phi) is 5.76. The third-order valence-corrected chi connectivity index (χ3v) is 5.41. The number of ether oxygens (including phenoxy) is 1. The van der Waals surface area contributed by atoms with E-state index in [0.717, 1.165) is 10.9 Å². The fourth-order valence-electron chi connectivity index (χ4n) is 3.13. The maximum Gasteiger partial charge on any atom is 0.416 e. The van der Waals surface area contributed by atoms with Crippen LogP contribution in [0.4, 0.5) is 18.9 Å². The molecule has 4 rings (SSSR count). The SMILES string of the molecule is FC(F)(F)c1ccccc1C(Nc1ccc(OCc2cccs2)cc1)c1cn[nH]c1. The molecule has 2 aromatic heterocycles. The van der Waals surface area contributed by atoms with Crippen molar-refractivity contribution in [1.29, 1.82) is 0 Å². The van der Waals surface area contributed by atoms with Gasteiger partial charge in [0.2, 0.25) is 0 Å². The smallest absolute Gasteiger partial charge is 0.416 e. The van der Waals surface area contributed by atoms with E-state index >= 15 is 0 Å². The van der Waals surface area contributed by atoms with Crippen LogP contribution in [0, 0.1) is 0 Å². The van der Waals surface area contributed by atoms with Crippen LogP contribution in [0.15, 0.2) is 78.4 Å². The van der Waals surface area contributed by atoms with E-state index in [1.54, 1.807) is 47.9 Å². The van der Waals surface area contributed by atoms with Gasteiger partial charge in [0.15, 0.2) is 0 Å². The highest BCUT2D eigenvalue weighted by molar-refractivity contribution is 7.09. The Bertz CT molecular complexity index is 1060. The summed E-state index contributed by atoms with van der Waals surface area (Å²) in [5.41, 5.74) is 0.718. The lowest BCUT2D eigenvalue weighted by molar-refractivity contribution is -0.138. The number of hydrogen-bond acceptors (Lipinski definition) is 4. The van der Waals surface area contributed by atoms with Gasteiger partial charge in [-0.2, -0.15) is 18.3 Å². The Morgan fingerprint density at radius 3 is 2.50 bits per heavy atom. The van der Waals surface area contributed by atoms with Crippen molar-refractivity contribution in [3.05, 3.63) is 100 Å². The van der Waals surface area contributed by atoms with Crippen molar-refractivity contribution in [2.45, 2.75) is 18.8 Å². The molecule has 1 atom stereocenters. The van der Waals surface area contributed by atoms with Gasteiger partial charge in [0, 0.05) is 22.3 Å². The number of nitrogens with one attached hydrogen (secondary N) is 2. The molecule has 2 N–H and O–H groups in total. The van der Waals surface area contributed by atoms with E-state index in [4.69, 9.17) is 4.74 Å². The first-order valence-corrected chi connectivity index (χ1v) is 10.1. The molecule has 0 spiro atoms. The van der Waals surface area contributed by atoms with E-state index in [2.05, 4.69) is 15.5 Å². The summed E-state index contributed by atoms with van der Waals surface area (Å²) in [4.78, 5) is 1.11. The Hall–Kier alpha value is -3.26. The molecule has 0 bridgehead atoms. The van der Waals surface area contributed by atoms with Crippen molar-refractivity contribution < 1.29 is 17.9 Å². The van der Waals surface area contributed by atoms with Crippen molar-refractivity contribution in [1.82, 2.24) is 10.2 Å². The summed E-state index contributed by atoms with van der Waals surface area (Å²) in [6.45, 7) is 0.473. The molecule has 0 saturated carbocycles. The molecule has 8 heteroatoms. The Morgan fingerprint density at radius 2 is 1.83 bits per heavy atom. The number of rotatable bonds is 7. The Balaban J connectivity index is 1.57. The number of H-pyrrole nitrogens is 1. The van der Waals surface area contributed by atoms with Crippen molar-refractivity contribution in [3.63, 3.8) is 0 Å². The second-order valence-corrected chi connectivity index (χ2v) is 7.62. The van der Waals surface area contributed by atoms with E-state index in [1.165, 1.54) is 18.3 Å². The first kappa shape index (κ1) is 20.0. The van der Waals surface area contributed by atoms with Gasteiger partial charge in [0.1, 0.15) is 12.4 Å². The molecule has 0 saturated heterocycles. The van der Waals surface area contributed by atoms with E-state index in [1.807, 2.05) is 17.5 Å². The molecule has 154 valence electrons. The first-order valence-electron chi connectivity index (χ1n) is 9.17. The molecule has 0 fully saturated rings. The third kappa shape index (κ3) is 4.65. The van der Waals surface area contributed by atoms with Crippen LogP contribution >= 0.6 is 11.3 Å². The quantitative estimate of drug-likeness (QED) is 0.364. The minimum Gasteiger partial charge on any atom is -0.488 e. The third-order valence-electron chi connectivity index (χ3n) is 4.56. The van der Waals surface area contributed by atoms with Crippen LogP contribution in [0.1, 0.15) is 27.6 Å². The topological polar surface area (TPSA) is 49.9 Å². The van der Waals surface area contributed by atoms with Crippen molar-refractivity contribution >= 4 is 17.0 Å². The molecule has 0 amide bonds. The molecule has 0 radical (unpaired) electrons. The maximum atomic E-state index is 13.6. The van der Waals surface area contributed by atoms with Crippen LogP contribution in [-0.2, 0) is 12.8 Å². The molecule has 0 aliphatic carbocycles. The molecular weight excluding hydrogens is 411 g/mol. The summed E-state index contributed by atoms with van der Waals surface area (Å²) in [6, 6.07) is 15.9. The van der Waals surface area contributed by atoms with Crippen LogP contribution in [0.2, 0.25) is 0 Å². The van der Waals surface area contributed by atoms with Crippen molar-refractivity contribution in [2.75, 3.05) is 5.32 Å². The van der Waals surface area contributed by atoms with Crippen LogP contribution in [0.5, 0.6) is 5.75 Å². The monoisotopic (exact) mass is 429 g/mol. The molecule has 0 aliphatic heterocycles. The molecule has 2 heterocycles. The molecule has 30 heavy (non-hydrogen) atoms. The Labute approximate surface area is 175 Å². The average molecular weight is 429 g/mol. The average Bonchev–Trinajstić information content (AvgIpc) is 3.45. The number of halogens is 3. The summed E-state index contributed by atoms with van der Waals surface area (Å²) in [5.74, 6) is 0.685. The lowest BCUT2D eigenvalue weighted by atomic mass is 9.95. The summed E-state index contributed by atoms with van der Waals surface area (Å²) >= 11 is 1.61. The summed E-state index contributed by atoms with van der Waals surface area (Å²) in [6.07, 6.45) is -1.35. The predicted molar refractivity (Wildman–Crippen MR) is 111 cm³/mol. The second-order valence-electron chi connectivity index (χ2n) is 6.59. The maximum absolute atomic E-state index is 13.6. The van der Waals surface area contributed by atoms with Crippen LogP contribution < -0.4 is 10.1 Å². The van der Waals surface area contributed by atoms with Gasteiger partial charge in [-0.15, -0.1) is 11.3 Å². The number of thiophene rings is 1. The van der Waals surface area contributed by atoms with Gasteiger partial charge in [-0.3, -0.25) is 5.10 Å². The standard InChI is InChI=1S/C22H18F3N3OS/c23-22(24,25)20-6-2-1-5-19(20)21(15-12-26-27-13-15)28-16-7-9-17(10-8-16)29-14-18-4-3-11-30-18/h1-13,21,28H,14H2,(H,26,27). The molecule has 4 aromatic rings. The fourth-order valence-corrected chi connectivity index (χ4v) is 3.75. The number of aromatic amines is 1. The normalized spacial score (nSPS) is 12.5. The first-order chi connectivity index (χ1) is 14.5. The van der Waals surface area contributed by atoms with Gasteiger partial charge in [0.25, 0.3) is 0 Å². The highest BCUT2D eigenvalue weighted by Crippen LogP contribution is 2.37. The number of aromatic nitrogens is 2. The molecule has 2 aromatic carbocycles. The zero-order valence-corrected chi connectivity index (χ0v) is 16.5. The van der Waals surface area contributed by atoms with Crippen LogP contribution in [0.3, 0.4) is 0 Å². The van der Waals surface area contributed by atoms with E-state index in [9.17, 15) is 13.2 Å². The number of alkyl halides is 3. The minimum absolute atomic E-state index is 0.129. The second kappa shape index (κ2) is 8.62. The van der Waals surface area contributed by atoms with E-state index in [-0.39, 0.29) is 5.56 Å². The highest BCUT2D eigenvalue weighted by atomic mass is 32.1. The lowest BCUT2D eigenvalue weighted by Crippen LogP contribution is -2.18. The minimum atomic E-state index is -4.46. The fraction of sp³-hybridized carbons (Fsp3) is 0.136. The van der Waals surface area contributed by atoms with Crippen LogP contribution in [-0.4, -0.2) is 10.2 Å². The zero-order chi connectivity index (χ0) is 21.0. The number of benzene rings is 2. The van der Waals surface area contributed by atoms with Crippen molar-refractivity contribution in [2.24, 2.45) is 0 Å². The summed E-state index contributed by atoms with van der Waals surface area (Å²) in [7, 11) is 0. The van der Waals surface area contributed by atoms with Crippen LogP contribution in [0.25, 0.3) is 0 Å². The molecular formula is C22H18F3N3OS. The van der Waals surface area contributed by atoms with Crippen molar-refractivity contribution in [3.8, 4) is 5.75 Å². The predicted octanol–water partition coefficient (Wildman–Crippen LogP) is 6.27. The molecule has 4 nitrogen and oxygen atoms in total. The summed E-state index contributed by atoms with van der Waals surface area (Å²) < 4.78 is 46.5. The van der Waals surface area contributed by atoms with Gasteiger partial charge in [-0.25, -0.2) is 0 Å². The Morgan fingerprint density at radius 1 is 1.03 bits per heavy atom. The number of anilines is 1. The van der Waals surface area contributed by atoms with Gasteiger partial charge in [-0.1, -0.05) is 24.3 Å². The van der Waals surface area contributed by atoms with Gasteiger partial charge >= 0.3 is 6.18 Å². The number of hydrogen-bond donors (Lipinski definition) is 2. The van der Waals surface area contributed by atoms with Gasteiger partial charge in [0.05, 0.1) is 17.8 Å². The van der Waals surface area contributed by atoms with E-state index in [0.29, 0.717) is 23.6 Å².